The zero-order valence-corrected chi connectivity index (χ0v) is 16.4. The fourth-order valence-electron chi connectivity index (χ4n) is 2.68. The smallest absolute Gasteiger partial charge is 0.328 e. The zero-order chi connectivity index (χ0) is 20.7. The summed E-state index contributed by atoms with van der Waals surface area (Å²) >= 11 is 5.91. The Balaban J connectivity index is 2.36. The molecule has 7 heteroatoms. The number of carbonyl (C=O) groups is 3. The highest BCUT2D eigenvalue weighted by Crippen LogP contribution is 2.25. The lowest BCUT2D eigenvalue weighted by Gasteiger charge is -2.20. The van der Waals surface area contributed by atoms with Crippen molar-refractivity contribution in [2.45, 2.75) is 38.7 Å². The van der Waals surface area contributed by atoms with Gasteiger partial charge in [0.2, 0.25) is 5.92 Å². The van der Waals surface area contributed by atoms with E-state index in [2.05, 4.69) is 4.98 Å². The first-order chi connectivity index (χ1) is 13.3. The second kappa shape index (κ2) is 9.99. The van der Waals surface area contributed by atoms with Crippen LogP contribution in [0.4, 0.5) is 0 Å². The first-order valence-electron chi connectivity index (χ1n) is 8.95. The number of carboxylic acids is 1. The molecule has 2 rings (SSSR count). The van der Waals surface area contributed by atoms with Crippen molar-refractivity contribution >= 4 is 29.3 Å². The van der Waals surface area contributed by atoms with E-state index in [0.717, 1.165) is 5.56 Å². The minimum Gasteiger partial charge on any atom is -0.480 e. The van der Waals surface area contributed by atoms with Crippen molar-refractivity contribution in [2.24, 2.45) is 5.92 Å². The van der Waals surface area contributed by atoms with E-state index in [1.165, 1.54) is 6.20 Å². The van der Waals surface area contributed by atoms with Gasteiger partial charge in [0.05, 0.1) is 17.7 Å². The fourth-order valence-corrected chi connectivity index (χ4v) is 2.80. The lowest BCUT2D eigenvalue weighted by molar-refractivity contribution is -0.164. The number of aliphatic carboxylic acids is 1. The van der Waals surface area contributed by atoms with Crippen molar-refractivity contribution in [3.05, 3.63) is 64.9 Å². The molecule has 28 heavy (non-hydrogen) atoms. The summed E-state index contributed by atoms with van der Waals surface area (Å²) < 4.78 is 5.12. The highest BCUT2D eigenvalue weighted by Gasteiger charge is 2.41. The minimum atomic E-state index is -1.91. The molecule has 1 heterocycles. The largest absolute Gasteiger partial charge is 0.480 e. The standard InChI is InChI=1S/C21H22ClNO5/c1-3-13(2)28-21(27)18(20(25)26)19(24)16(17-6-4-5-11-23-17)12-14-7-9-15(22)10-8-14/h4-11,13,16,18H,3,12H2,1-2H3,(H,25,26). The average molecular weight is 404 g/mol. The number of pyridine rings is 1. The number of ketones is 1. The van der Waals surface area contributed by atoms with Crippen LogP contribution in [0.1, 0.15) is 37.4 Å². The number of carboxylic acid groups (broad SMARTS) is 1. The predicted octanol–water partition coefficient (Wildman–Crippen LogP) is 3.67. The summed E-state index contributed by atoms with van der Waals surface area (Å²) in [5, 5.41) is 10.1. The van der Waals surface area contributed by atoms with E-state index in [0.29, 0.717) is 17.1 Å². The fraction of sp³-hybridized carbons (Fsp3) is 0.333. The van der Waals surface area contributed by atoms with Crippen LogP contribution >= 0.6 is 11.6 Å². The topological polar surface area (TPSA) is 93.6 Å². The molecule has 1 N–H and O–H groups in total. The number of ether oxygens (including phenoxy) is 1. The van der Waals surface area contributed by atoms with Gasteiger partial charge in [-0.25, -0.2) is 0 Å². The molecule has 0 amide bonds. The molecule has 0 bridgehead atoms. The van der Waals surface area contributed by atoms with Gasteiger partial charge in [0.1, 0.15) is 0 Å². The Kier molecular flexibility index (Phi) is 7.70. The first kappa shape index (κ1) is 21.6. The Morgan fingerprint density at radius 3 is 2.36 bits per heavy atom. The first-order valence-corrected chi connectivity index (χ1v) is 9.33. The molecule has 0 radical (unpaired) electrons. The van der Waals surface area contributed by atoms with E-state index in [9.17, 15) is 19.5 Å². The van der Waals surface area contributed by atoms with Gasteiger partial charge in [-0.3, -0.25) is 19.4 Å². The second-order valence-corrected chi connectivity index (χ2v) is 6.90. The van der Waals surface area contributed by atoms with Gasteiger partial charge in [-0.2, -0.15) is 0 Å². The van der Waals surface area contributed by atoms with Crippen molar-refractivity contribution in [3.8, 4) is 0 Å². The Morgan fingerprint density at radius 1 is 1.14 bits per heavy atom. The molecule has 0 saturated heterocycles. The van der Waals surface area contributed by atoms with Crippen LogP contribution in [0.15, 0.2) is 48.7 Å². The third kappa shape index (κ3) is 5.63. The highest BCUT2D eigenvalue weighted by atomic mass is 35.5. The normalized spacial score (nSPS) is 14.0. The van der Waals surface area contributed by atoms with Crippen molar-refractivity contribution in [3.63, 3.8) is 0 Å². The minimum absolute atomic E-state index is 0.188. The lowest BCUT2D eigenvalue weighted by Crippen LogP contribution is -2.38. The number of rotatable bonds is 9. The van der Waals surface area contributed by atoms with Crippen LogP contribution in [0.25, 0.3) is 0 Å². The van der Waals surface area contributed by atoms with Gasteiger partial charge in [-0.05, 0) is 49.6 Å². The monoisotopic (exact) mass is 403 g/mol. The maximum absolute atomic E-state index is 13.1. The Hall–Kier alpha value is -2.73. The molecule has 0 fully saturated rings. The number of benzene rings is 1. The molecule has 3 unspecified atom stereocenters. The third-order valence-electron chi connectivity index (χ3n) is 4.40. The number of carbonyl (C=O) groups excluding carboxylic acids is 2. The molecule has 3 atom stereocenters. The summed E-state index contributed by atoms with van der Waals surface area (Å²) in [7, 11) is 0. The number of esters is 1. The molecule has 1 aromatic heterocycles. The van der Waals surface area contributed by atoms with Crippen LogP contribution in [0.5, 0.6) is 0 Å². The van der Waals surface area contributed by atoms with E-state index in [1.807, 2.05) is 0 Å². The molecule has 6 nitrogen and oxygen atoms in total. The molecule has 148 valence electrons. The van der Waals surface area contributed by atoms with Crippen LogP contribution in [0, 0.1) is 5.92 Å². The molecule has 0 spiro atoms. The van der Waals surface area contributed by atoms with E-state index in [4.69, 9.17) is 16.3 Å². The predicted molar refractivity (Wildman–Crippen MR) is 104 cm³/mol. The number of hydrogen-bond acceptors (Lipinski definition) is 5. The third-order valence-corrected chi connectivity index (χ3v) is 4.65. The maximum Gasteiger partial charge on any atom is 0.328 e. The van der Waals surface area contributed by atoms with Crippen molar-refractivity contribution in [1.82, 2.24) is 4.98 Å². The van der Waals surface area contributed by atoms with Crippen molar-refractivity contribution in [2.75, 3.05) is 0 Å². The van der Waals surface area contributed by atoms with Crippen molar-refractivity contribution in [1.29, 1.82) is 0 Å². The molecule has 2 aromatic rings. The van der Waals surface area contributed by atoms with Crippen LogP contribution in [0.2, 0.25) is 5.02 Å². The lowest BCUT2D eigenvalue weighted by atomic mass is 9.85. The van der Waals surface area contributed by atoms with Gasteiger partial charge in [0, 0.05) is 11.2 Å². The molecule has 0 aliphatic heterocycles. The SMILES string of the molecule is CCC(C)OC(=O)C(C(=O)O)C(=O)C(Cc1ccc(Cl)cc1)c1ccccn1. The van der Waals surface area contributed by atoms with E-state index in [-0.39, 0.29) is 6.42 Å². The van der Waals surface area contributed by atoms with Gasteiger partial charge < -0.3 is 9.84 Å². The average Bonchev–Trinajstić information content (AvgIpc) is 2.67. The quantitative estimate of drug-likeness (QED) is 0.507. The molecule has 0 aliphatic carbocycles. The summed E-state index contributed by atoms with van der Waals surface area (Å²) in [6.45, 7) is 3.44. The summed E-state index contributed by atoms with van der Waals surface area (Å²) in [4.78, 5) is 41.4. The summed E-state index contributed by atoms with van der Waals surface area (Å²) in [5.41, 5.74) is 1.16. The summed E-state index contributed by atoms with van der Waals surface area (Å²) in [5.74, 6) is -6.16. The van der Waals surface area contributed by atoms with Crippen LogP contribution in [0.3, 0.4) is 0 Å². The molecular formula is C21H22ClNO5. The van der Waals surface area contributed by atoms with Gasteiger partial charge in [-0.1, -0.05) is 36.7 Å². The maximum atomic E-state index is 13.1. The van der Waals surface area contributed by atoms with Crippen LogP contribution in [-0.4, -0.2) is 33.9 Å². The second-order valence-electron chi connectivity index (χ2n) is 6.47. The Labute approximate surface area is 168 Å². The Morgan fingerprint density at radius 2 is 1.82 bits per heavy atom. The van der Waals surface area contributed by atoms with Gasteiger partial charge >= 0.3 is 11.9 Å². The number of Topliss-reactive ketones (excluding diaryl/α,β-unsaturated/α-hetero) is 1. The van der Waals surface area contributed by atoms with Gasteiger partial charge in [0.25, 0.3) is 0 Å². The number of hydrogen-bond donors (Lipinski definition) is 1. The van der Waals surface area contributed by atoms with Crippen molar-refractivity contribution < 1.29 is 24.2 Å². The Bertz CT molecular complexity index is 822. The molecule has 0 aliphatic rings. The highest BCUT2D eigenvalue weighted by molar-refractivity contribution is 6.30. The van der Waals surface area contributed by atoms with E-state index < -0.39 is 35.7 Å². The zero-order valence-electron chi connectivity index (χ0n) is 15.7. The number of halogens is 1. The van der Waals surface area contributed by atoms with Crippen LogP contribution < -0.4 is 0 Å². The number of nitrogens with zero attached hydrogens (tertiary/aromatic N) is 1. The molecule has 1 aromatic carbocycles. The molecule has 0 saturated carbocycles. The number of aromatic nitrogens is 1. The van der Waals surface area contributed by atoms with E-state index in [1.54, 1.807) is 56.3 Å². The van der Waals surface area contributed by atoms with Crippen LogP contribution in [-0.2, 0) is 25.5 Å². The van der Waals surface area contributed by atoms with Gasteiger partial charge in [-0.15, -0.1) is 0 Å². The molecular weight excluding hydrogens is 382 g/mol. The summed E-state index contributed by atoms with van der Waals surface area (Å²) in [6.07, 6.45) is 1.74. The van der Waals surface area contributed by atoms with Gasteiger partial charge in [0.15, 0.2) is 5.78 Å². The van der Waals surface area contributed by atoms with E-state index >= 15 is 0 Å². The summed E-state index contributed by atoms with van der Waals surface area (Å²) in [6, 6.07) is 11.9.